The number of rotatable bonds is 4. The highest BCUT2D eigenvalue weighted by Crippen LogP contribution is 2.37. The molecule has 1 saturated heterocycles. The summed E-state index contributed by atoms with van der Waals surface area (Å²) >= 11 is 0. The maximum absolute atomic E-state index is 14.8. The Morgan fingerprint density at radius 2 is 2.17 bits per heavy atom. The largest absolute Gasteiger partial charge is 0.493 e. The van der Waals surface area contributed by atoms with Crippen LogP contribution >= 0.6 is 0 Å². The topological polar surface area (TPSA) is 85.5 Å². The molecule has 1 atom stereocenters. The molecule has 0 spiro atoms. The highest BCUT2D eigenvalue weighted by Gasteiger charge is 2.25. The van der Waals surface area contributed by atoms with E-state index in [4.69, 9.17) is 15.2 Å². The van der Waals surface area contributed by atoms with Crippen LogP contribution in [0.1, 0.15) is 13.3 Å². The molecule has 2 heterocycles. The van der Waals surface area contributed by atoms with Crippen molar-refractivity contribution in [3.63, 3.8) is 0 Å². The molecule has 0 bridgehead atoms. The van der Waals surface area contributed by atoms with Gasteiger partial charge in [-0.1, -0.05) is 6.92 Å². The first-order chi connectivity index (χ1) is 11.6. The van der Waals surface area contributed by atoms with Gasteiger partial charge in [-0.05, 0) is 12.5 Å². The van der Waals surface area contributed by atoms with Crippen LogP contribution in [-0.4, -0.2) is 49.9 Å². The summed E-state index contributed by atoms with van der Waals surface area (Å²) < 4.78 is 25.1. The maximum Gasteiger partial charge on any atom is 0.228 e. The van der Waals surface area contributed by atoms with Gasteiger partial charge in [0.1, 0.15) is 11.3 Å². The Morgan fingerprint density at radius 1 is 1.38 bits per heavy atom. The van der Waals surface area contributed by atoms with Crippen molar-refractivity contribution in [2.75, 3.05) is 44.5 Å². The fraction of sp³-hybridized carbons (Fsp3) is 0.500. The Kier molecular flexibility index (Phi) is 4.57. The lowest BCUT2D eigenvalue weighted by Crippen LogP contribution is -2.51. The smallest absolute Gasteiger partial charge is 0.228 e. The van der Waals surface area contributed by atoms with Gasteiger partial charge in [0.15, 0.2) is 17.3 Å². The summed E-state index contributed by atoms with van der Waals surface area (Å²) in [6.45, 7) is 4.51. The number of hydrogen-bond donors (Lipinski definition) is 2. The van der Waals surface area contributed by atoms with E-state index in [1.807, 2.05) is 0 Å². The van der Waals surface area contributed by atoms with Gasteiger partial charge in [-0.15, -0.1) is 0 Å². The van der Waals surface area contributed by atoms with Gasteiger partial charge in [-0.2, -0.15) is 4.98 Å². The van der Waals surface area contributed by atoms with E-state index in [1.54, 1.807) is 6.07 Å². The molecule has 1 aliphatic rings. The van der Waals surface area contributed by atoms with Crippen LogP contribution in [0.25, 0.3) is 10.9 Å². The number of fused-ring (bicyclic) bond motifs is 1. The van der Waals surface area contributed by atoms with Crippen molar-refractivity contribution in [2.24, 2.45) is 0 Å². The molecule has 3 rings (SSSR count). The molecule has 0 unspecified atom stereocenters. The van der Waals surface area contributed by atoms with Crippen LogP contribution in [0.3, 0.4) is 0 Å². The first-order valence-electron chi connectivity index (χ1n) is 7.95. The van der Waals surface area contributed by atoms with Crippen LogP contribution in [0.2, 0.25) is 0 Å². The molecular weight excluding hydrogens is 313 g/mol. The molecule has 0 radical (unpaired) electrons. The molecule has 7 nitrogen and oxygen atoms in total. The van der Waals surface area contributed by atoms with E-state index in [9.17, 15) is 4.39 Å². The van der Waals surface area contributed by atoms with Crippen LogP contribution in [0.5, 0.6) is 11.5 Å². The highest BCUT2D eigenvalue weighted by molar-refractivity contribution is 5.92. The van der Waals surface area contributed by atoms with E-state index in [-0.39, 0.29) is 28.9 Å². The van der Waals surface area contributed by atoms with Gasteiger partial charge in [0.25, 0.3) is 0 Å². The van der Waals surface area contributed by atoms with Gasteiger partial charge in [0.05, 0.1) is 14.2 Å². The molecule has 130 valence electrons. The van der Waals surface area contributed by atoms with Gasteiger partial charge in [0.2, 0.25) is 5.95 Å². The molecular formula is C16H22FN5O2. The predicted molar refractivity (Wildman–Crippen MR) is 91.3 cm³/mol. The van der Waals surface area contributed by atoms with Gasteiger partial charge < -0.3 is 25.4 Å². The summed E-state index contributed by atoms with van der Waals surface area (Å²) in [7, 11) is 2.84. The average Bonchev–Trinajstić information content (AvgIpc) is 2.61. The second-order valence-corrected chi connectivity index (χ2v) is 5.69. The Morgan fingerprint density at radius 3 is 2.83 bits per heavy atom. The van der Waals surface area contributed by atoms with Crippen molar-refractivity contribution in [1.29, 1.82) is 0 Å². The number of methoxy groups -OCH3 is 2. The third kappa shape index (κ3) is 2.66. The zero-order valence-electron chi connectivity index (χ0n) is 14.1. The summed E-state index contributed by atoms with van der Waals surface area (Å²) in [6, 6.07) is 1.85. The fourth-order valence-corrected chi connectivity index (χ4v) is 3.06. The van der Waals surface area contributed by atoms with Crippen LogP contribution in [0.15, 0.2) is 6.07 Å². The zero-order valence-corrected chi connectivity index (χ0v) is 14.1. The molecule has 1 aromatic carbocycles. The van der Waals surface area contributed by atoms with Crippen LogP contribution < -0.4 is 25.4 Å². The Bertz CT molecular complexity index is 755. The van der Waals surface area contributed by atoms with Gasteiger partial charge in [-0.3, -0.25) is 0 Å². The van der Waals surface area contributed by atoms with Crippen LogP contribution in [0.4, 0.5) is 16.2 Å². The number of nitrogens with two attached hydrogens (primary N) is 1. The molecule has 0 saturated carbocycles. The van der Waals surface area contributed by atoms with E-state index in [2.05, 4.69) is 27.1 Å². The number of nitrogens with one attached hydrogen (secondary N) is 1. The lowest BCUT2D eigenvalue weighted by atomic mass is 10.1. The molecule has 0 aliphatic carbocycles. The predicted octanol–water partition coefficient (Wildman–Crippen LogP) is 1.56. The number of aromatic nitrogens is 2. The third-order valence-corrected chi connectivity index (χ3v) is 4.37. The minimum absolute atomic E-state index is 0.0152. The monoisotopic (exact) mass is 335 g/mol. The van der Waals surface area contributed by atoms with Crippen molar-refractivity contribution in [1.82, 2.24) is 15.3 Å². The van der Waals surface area contributed by atoms with Crippen molar-refractivity contribution in [3.05, 3.63) is 11.9 Å². The second kappa shape index (κ2) is 6.64. The summed E-state index contributed by atoms with van der Waals surface area (Å²) in [5, 5.41) is 3.76. The first-order valence-corrected chi connectivity index (χ1v) is 7.95. The highest BCUT2D eigenvalue weighted by atomic mass is 19.1. The number of hydrogen-bond acceptors (Lipinski definition) is 7. The van der Waals surface area contributed by atoms with Crippen molar-refractivity contribution < 1.29 is 13.9 Å². The van der Waals surface area contributed by atoms with E-state index in [0.29, 0.717) is 11.3 Å². The van der Waals surface area contributed by atoms with E-state index in [1.165, 1.54) is 14.2 Å². The molecule has 24 heavy (non-hydrogen) atoms. The van der Waals surface area contributed by atoms with Crippen LogP contribution in [0, 0.1) is 5.82 Å². The number of halogens is 1. The number of benzene rings is 1. The summed E-state index contributed by atoms with van der Waals surface area (Å²) in [4.78, 5) is 10.9. The minimum Gasteiger partial charge on any atom is -0.493 e. The average molecular weight is 335 g/mol. The number of ether oxygens (including phenoxy) is 2. The van der Waals surface area contributed by atoms with E-state index >= 15 is 0 Å². The SMILES string of the molecule is CC[C@H]1CNCCN1c1nc(N)c2cc(OC)c(OC)c(F)c2n1. The number of nitrogens with zero attached hydrogens (tertiary/aromatic N) is 3. The zero-order chi connectivity index (χ0) is 17.3. The van der Waals surface area contributed by atoms with E-state index in [0.717, 1.165) is 26.1 Å². The minimum atomic E-state index is -0.592. The fourth-order valence-electron chi connectivity index (χ4n) is 3.06. The number of anilines is 2. The molecule has 1 fully saturated rings. The molecule has 1 aromatic heterocycles. The van der Waals surface area contributed by atoms with E-state index < -0.39 is 5.82 Å². The summed E-state index contributed by atoms with van der Waals surface area (Å²) in [6.07, 6.45) is 0.933. The first kappa shape index (κ1) is 16.5. The van der Waals surface area contributed by atoms with Crippen molar-refractivity contribution >= 4 is 22.7 Å². The Hall–Kier alpha value is -2.35. The molecule has 2 aromatic rings. The maximum atomic E-state index is 14.8. The Balaban J connectivity index is 2.17. The van der Waals surface area contributed by atoms with Gasteiger partial charge in [0, 0.05) is 31.1 Å². The standard InChI is InChI=1S/C16H22FN5O2/c1-4-9-8-19-5-6-22(9)16-20-13-10(15(18)21-16)7-11(23-2)14(24-3)12(13)17/h7,9,19H,4-6,8H2,1-3H3,(H2,18,20,21)/t9-/m0/s1. The molecule has 8 heteroatoms. The summed E-state index contributed by atoms with van der Waals surface area (Å²) in [5.41, 5.74) is 6.22. The van der Waals surface area contributed by atoms with Crippen molar-refractivity contribution in [2.45, 2.75) is 19.4 Å². The lowest BCUT2D eigenvalue weighted by Gasteiger charge is -2.35. The van der Waals surface area contributed by atoms with Gasteiger partial charge in [-0.25, -0.2) is 9.37 Å². The summed E-state index contributed by atoms with van der Waals surface area (Å²) in [5.74, 6) is 0.355. The van der Waals surface area contributed by atoms with Crippen molar-refractivity contribution in [3.8, 4) is 11.5 Å². The molecule has 1 aliphatic heterocycles. The number of piperazine rings is 1. The normalized spacial score (nSPS) is 18.0. The number of nitrogen functional groups attached to an aromatic ring is 1. The lowest BCUT2D eigenvalue weighted by molar-refractivity contribution is 0.339. The van der Waals surface area contributed by atoms with Crippen LogP contribution in [-0.2, 0) is 0 Å². The third-order valence-electron chi connectivity index (χ3n) is 4.37. The molecule has 0 amide bonds. The Labute approximate surface area is 140 Å². The molecule has 3 N–H and O–H groups in total. The van der Waals surface area contributed by atoms with Gasteiger partial charge >= 0.3 is 0 Å². The second-order valence-electron chi connectivity index (χ2n) is 5.69. The quantitative estimate of drug-likeness (QED) is 0.877.